The lowest BCUT2D eigenvalue weighted by Crippen LogP contribution is -2.30. The fraction of sp³-hybridized carbons (Fsp3) is 0.941. The number of hydrogen-bond acceptors (Lipinski definition) is 3. The number of carbonyl (C=O) groups excluding carboxylic acids is 1. The van der Waals surface area contributed by atoms with E-state index in [1.807, 2.05) is 13.8 Å². The van der Waals surface area contributed by atoms with Gasteiger partial charge in [0, 0.05) is 0 Å². The molecule has 120 valence electrons. The Labute approximate surface area is 125 Å². The molecular formula is C17H34O3. The van der Waals surface area contributed by atoms with Gasteiger partial charge in [0.15, 0.2) is 0 Å². The molecule has 20 heavy (non-hydrogen) atoms. The molecule has 0 fully saturated rings. The zero-order valence-corrected chi connectivity index (χ0v) is 13.7. The summed E-state index contributed by atoms with van der Waals surface area (Å²) in [6.45, 7) is 6.46. The predicted molar refractivity (Wildman–Crippen MR) is 83.6 cm³/mol. The molecule has 0 amide bonds. The molecule has 0 saturated carbocycles. The highest BCUT2D eigenvalue weighted by molar-refractivity contribution is 5.73. The van der Waals surface area contributed by atoms with Crippen molar-refractivity contribution in [3.05, 3.63) is 0 Å². The minimum Gasteiger partial charge on any atom is -0.466 e. The van der Waals surface area contributed by atoms with E-state index >= 15 is 0 Å². The quantitative estimate of drug-likeness (QED) is 0.401. The van der Waals surface area contributed by atoms with Gasteiger partial charge in [-0.1, -0.05) is 65.2 Å². The Morgan fingerprint density at radius 1 is 0.900 bits per heavy atom. The molecule has 0 aliphatic carbocycles. The minimum atomic E-state index is -0.537. The van der Waals surface area contributed by atoms with Gasteiger partial charge in [-0.2, -0.15) is 0 Å². The van der Waals surface area contributed by atoms with Gasteiger partial charge in [-0.15, -0.1) is 0 Å². The molecule has 0 saturated heterocycles. The third-order valence-corrected chi connectivity index (χ3v) is 3.76. The molecule has 1 N–H and O–H groups in total. The summed E-state index contributed by atoms with van der Waals surface area (Å²) >= 11 is 0. The first kappa shape index (κ1) is 19.4. The Morgan fingerprint density at radius 2 is 1.50 bits per heavy atom. The summed E-state index contributed by atoms with van der Waals surface area (Å²) in [7, 11) is 0. The average Bonchev–Trinajstić information content (AvgIpc) is 2.43. The van der Waals surface area contributed by atoms with Crippen LogP contribution in [-0.4, -0.2) is 23.8 Å². The molecule has 0 aromatic heterocycles. The molecular weight excluding hydrogens is 252 g/mol. The van der Waals surface area contributed by atoms with Gasteiger partial charge in [0.25, 0.3) is 0 Å². The minimum absolute atomic E-state index is 0.232. The SMILES string of the molecule is CCCCCCCCCC(O)C(CCC)C(=O)OCC. The molecule has 0 rings (SSSR count). The molecule has 2 unspecified atom stereocenters. The number of rotatable bonds is 13. The summed E-state index contributed by atoms with van der Waals surface area (Å²) in [6, 6.07) is 0. The van der Waals surface area contributed by atoms with Crippen LogP contribution in [0.4, 0.5) is 0 Å². The molecule has 0 spiro atoms. The lowest BCUT2D eigenvalue weighted by Gasteiger charge is -2.20. The van der Waals surface area contributed by atoms with Crippen molar-refractivity contribution in [2.75, 3.05) is 6.61 Å². The lowest BCUT2D eigenvalue weighted by molar-refractivity contribution is -0.152. The van der Waals surface area contributed by atoms with Gasteiger partial charge in [-0.05, 0) is 19.8 Å². The summed E-state index contributed by atoms with van der Waals surface area (Å²) in [4.78, 5) is 11.8. The van der Waals surface area contributed by atoms with Gasteiger partial charge >= 0.3 is 5.97 Å². The molecule has 0 radical (unpaired) electrons. The third-order valence-electron chi connectivity index (χ3n) is 3.76. The second-order valence-corrected chi connectivity index (χ2v) is 5.62. The normalized spacial score (nSPS) is 14.0. The monoisotopic (exact) mass is 286 g/mol. The highest BCUT2D eigenvalue weighted by Crippen LogP contribution is 2.19. The molecule has 0 aliphatic rings. The van der Waals surface area contributed by atoms with Crippen LogP contribution in [0.3, 0.4) is 0 Å². The largest absolute Gasteiger partial charge is 0.466 e. The number of esters is 1. The van der Waals surface area contributed by atoms with Gasteiger partial charge in [0.05, 0.1) is 18.6 Å². The number of ether oxygens (including phenoxy) is 1. The molecule has 0 aromatic rings. The maximum absolute atomic E-state index is 11.8. The molecule has 3 heteroatoms. The van der Waals surface area contributed by atoms with Crippen LogP contribution >= 0.6 is 0 Å². The van der Waals surface area contributed by atoms with Crippen LogP contribution in [-0.2, 0) is 9.53 Å². The summed E-state index contributed by atoms with van der Waals surface area (Å²) in [5.41, 5.74) is 0. The predicted octanol–water partition coefficient (Wildman–Crippen LogP) is 4.47. The van der Waals surface area contributed by atoms with Gasteiger partial charge in [0.2, 0.25) is 0 Å². The number of aliphatic hydroxyl groups excluding tert-OH is 1. The summed E-state index contributed by atoms with van der Waals surface area (Å²) < 4.78 is 5.05. The maximum atomic E-state index is 11.8. The first-order valence-electron chi connectivity index (χ1n) is 8.51. The Kier molecular flexibility index (Phi) is 13.0. The van der Waals surface area contributed by atoms with Crippen molar-refractivity contribution in [1.29, 1.82) is 0 Å². The summed E-state index contributed by atoms with van der Waals surface area (Å²) in [5, 5.41) is 10.2. The van der Waals surface area contributed by atoms with Crippen molar-refractivity contribution in [3.8, 4) is 0 Å². The van der Waals surface area contributed by atoms with Crippen LogP contribution in [0.25, 0.3) is 0 Å². The van der Waals surface area contributed by atoms with Gasteiger partial charge in [-0.25, -0.2) is 0 Å². The van der Waals surface area contributed by atoms with Crippen LogP contribution in [0, 0.1) is 5.92 Å². The second-order valence-electron chi connectivity index (χ2n) is 5.62. The van der Waals surface area contributed by atoms with E-state index in [9.17, 15) is 9.90 Å². The highest BCUT2D eigenvalue weighted by atomic mass is 16.5. The van der Waals surface area contributed by atoms with Crippen molar-refractivity contribution in [2.45, 2.75) is 91.1 Å². The first-order valence-corrected chi connectivity index (χ1v) is 8.51. The number of hydrogen-bond donors (Lipinski definition) is 1. The van der Waals surface area contributed by atoms with Crippen molar-refractivity contribution in [3.63, 3.8) is 0 Å². The third kappa shape index (κ3) is 9.35. The van der Waals surface area contributed by atoms with Gasteiger partial charge in [0.1, 0.15) is 0 Å². The smallest absolute Gasteiger partial charge is 0.311 e. The summed E-state index contributed by atoms with van der Waals surface area (Å²) in [5.74, 6) is -0.565. The van der Waals surface area contributed by atoms with E-state index in [0.717, 1.165) is 32.1 Å². The molecule has 0 aromatic carbocycles. The molecule has 2 atom stereocenters. The lowest BCUT2D eigenvalue weighted by atomic mass is 9.93. The van der Waals surface area contributed by atoms with Crippen LogP contribution in [0.5, 0.6) is 0 Å². The first-order chi connectivity index (χ1) is 9.67. The standard InChI is InChI=1S/C17H34O3/c1-4-7-8-9-10-11-12-14-16(18)15(13-5-2)17(19)20-6-3/h15-16,18H,4-14H2,1-3H3. The Hall–Kier alpha value is -0.570. The number of unbranched alkanes of at least 4 members (excludes halogenated alkanes) is 6. The summed E-state index contributed by atoms with van der Waals surface area (Å²) in [6.07, 6.45) is 10.4. The van der Waals surface area contributed by atoms with E-state index in [2.05, 4.69) is 6.92 Å². The van der Waals surface area contributed by atoms with E-state index in [1.165, 1.54) is 32.1 Å². The van der Waals surface area contributed by atoms with E-state index < -0.39 is 6.10 Å². The van der Waals surface area contributed by atoms with Crippen LogP contribution in [0.1, 0.15) is 85.0 Å². The van der Waals surface area contributed by atoms with E-state index in [0.29, 0.717) is 6.61 Å². The van der Waals surface area contributed by atoms with E-state index in [-0.39, 0.29) is 11.9 Å². The molecule has 0 bridgehead atoms. The zero-order valence-electron chi connectivity index (χ0n) is 13.7. The van der Waals surface area contributed by atoms with Crippen LogP contribution < -0.4 is 0 Å². The van der Waals surface area contributed by atoms with Crippen molar-refractivity contribution in [1.82, 2.24) is 0 Å². The molecule has 3 nitrogen and oxygen atoms in total. The van der Waals surface area contributed by atoms with Crippen molar-refractivity contribution >= 4 is 5.97 Å². The Bertz CT molecular complexity index is 228. The number of carbonyl (C=O) groups is 1. The van der Waals surface area contributed by atoms with Gasteiger partial charge < -0.3 is 9.84 Å². The van der Waals surface area contributed by atoms with Crippen molar-refractivity contribution in [2.24, 2.45) is 5.92 Å². The Balaban J connectivity index is 3.83. The van der Waals surface area contributed by atoms with Crippen LogP contribution in [0.15, 0.2) is 0 Å². The fourth-order valence-electron chi connectivity index (χ4n) is 2.54. The molecule has 0 aliphatic heterocycles. The highest BCUT2D eigenvalue weighted by Gasteiger charge is 2.26. The van der Waals surface area contributed by atoms with E-state index in [4.69, 9.17) is 4.74 Å². The fourth-order valence-corrected chi connectivity index (χ4v) is 2.54. The Morgan fingerprint density at radius 3 is 2.05 bits per heavy atom. The maximum Gasteiger partial charge on any atom is 0.311 e. The van der Waals surface area contributed by atoms with Gasteiger partial charge in [-0.3, -0.25) is 4.79 Å². The topological polar surface area (TPSA) is 46.5 Å². The molecule has 0 heterocycles. The average molecular weight is 286 g/mol. The second kappa shape index (κ2) is 13.4. The van der Waals surface area contributed by atoms with E-state index in [1.54, 1.807) is 0 Å². The zero-order chi connectivity index (χ0) is 15.2. The van der Waals surface area contributed by atoms with Crippen LogP contribution in [0.2, 0.25) is 0 Å². The number of aliphatic hydroxyl groups is 1. The van der Waals surface area contributed by atoms with Crippen molar-refractivity contribution < 1.29 is 14.6 Å².